The van der Waals surface area contributed by atoms with Gasteiger partial charge < -0.3 is 19.6 Å². The molecule has 0 spiro atoms. The highest BCUT2D eigenvalue weighted by molar-refractivity contribution is 6.22. The second-order valence-electron chi connectivity index (χ2n) is 41.4. The minimum absolute atomic E-state index is 0.242. The highest BCUT2D eigenvalue weighted by atomic mass is 15.2. The normalized spacial score (nSPS) is 16.1. The smallest absolute Gasteiger partial charge is 0.0493 e. The van der Waals surface area contributed by atoms with Gasteiger partial charge in [-0.3, -0.25) is 0 Å². The lowest BCUT2D eigenvalue weighted by molar-refractivity contribution is 0.443. The Morgan fingerprint density at radius 2 is 0.478 bits per heavy atom. The van der Waals surface area contributed by atoms with Gasteiger partial charge in [0, 0.05) is 79.1 Å². The number of anilines is 12. The van der Waals surface area contributed by atoms with Gasteiger partial charge in [0.15, 0.2) is 0 Å². The molecule has 4 fully saturated rings. The van der Waals surface area contributed by atoms with Crippen LogP contribution in [0.1, 0.15) is 247 Å². The van der Waals surface area contributed by atoms with Crippen molar-refractivity contribution >= 4 is 133 Å². The SMILES string of the molecule is CC1(C)c2c(ccc3cc(N(c4ccc(C5CCCCC5)cc4)c4ccc(C5CCCCC5)cc4)ccc23)-c2c1c1ccc(N(c3ccc(C4CCCCC4)cc3)c3ccc(C4CCCCC4)cc3)cc1c1ccccc21.Cc1ccc(C)c(N(c2ccccc2)c2ccc3c4c(ccc3c2)-c2c(c3ccc(N(c5ccccc5)c5cc(C)ccc5C)cc3c3ccccc23)C4(C)C)c1. The molecule has 4 heteroatoms. The molecule has 0 N–H and O–H groups in total. The van der Waals surface area contributed by atoms with E-state index in [1.807, 2.05) is 0 Å². The lowest BCUT2D eigenvalue weighted by Crippen LogP contribution is -2.17. The van der Waals surface area contributed by atoms with Crippen LogP contribution in [0.5, 0.6) is 0 Å². The number of hydrogen-bond donors (Lipinski definition) is 0. The predicted molar refractivity (Wildman–Crippen MR) is 574 cm³/mol. The number of para-hydroxylation sites is 2. The molecule has 18 aromatic carbocycles. The molecule has 0 amide bonds. The maximum Gasteiger partial charge on any atom is 0.0493 e. The van der Waals surface area contributed by atoms with Crippen molar-refractivity contribution in [3.63, 3.8) is 0 Å². The predicted octanol–water partition coefficient (Wildman–Crippen LogP) is 38.2. The van der Waals surface area contributed by atoms with Crippen molar-refractivity contribution in [2.45, 2.75) is 218 Å². The largest absolute Gasteiger partial charge is 0.310 e. The van der Waals surface area contributed by atoms with Gasteiger partial charge in [0.05, 0.1) is 0 Å². The zero-order valence-electron chi connectivity index (χ0n) is 79.6. The summed E-state index contributed by atoms with van der Waals surface area (Å²) in [6.07, 6.45) is 26.9. The molecule has 6 aliphatic rings. The van der Waals surface area contributed by atoms with Gasteiger partial charge in [0.25, 0.3) is 0 Å². The summed E-state index contributed by atoms with van der Waals surface area (Å²) in [5.74, 6) is 2.73. The molecule has 18 aromatic rings. The minimum Gasteiger partial charge on any atom is -0.310 e. The molecule has 0 saturated heterocycles. The summed E-state index contributed by atoms with van der Waals surface area (Å²) >= 11 is 0. The summed E-state index contributed by atoms with van der Waals surface area (Å²) in [6.45, 7) is 18.6. The van der Waals surface area contributed by atoms with Crippen LogP contribution >= 0.6 is 0 Å². The summed E-state index contributed by atoms with van der Waals surface area (Å²) in [5.41, 5.74) is 36.1. The summed E-state index contributed by atoms with van der Waals surface area (Å²) in [7, 11) is 0. The van der Waals surface area contributed by atoms with Crippen LogP contribution < -0.4 is 19.6 Å². The first-order valence-corrected chi connectivity index (χ1v) is 50.6. The Morgan fingerprint density at radius 3 is 0.813 bits per heavy atom. The second-order valence-corrected chi connectivity index (χ2v) is 41.4. The van der Waals surface area contributed by atoms with Gasteiger partial charge >= 0.3 is 0 Å². The van der Waals surface area contributed by atoms with Gasteiger partial charge in [-0.1, -0.05) is 311 Å². The molecule has 134 heavy (non-hydrogen) atoms. The zero-order valence-corrected chi connectivity index (χ0v) is 79.6. The van der Waals surface area contributed by atoms with Crippen LogP contribution in [-0.4, -0.2) is 0 Å². The van der Waals surface area contributed by atoms with Crippen LogP contribution in [0.15, 0.2) is 340 Å². The monoisotopic (exact) mass is 1740 g/mol. The second kappa shape index (κ2) is 35.3. The molecule has 0 aromatic heterocycles. The van der Waals surface area contributed by atoms with Gasteiger partial charge in [0.1, 0.15) is 0 Å². The molecular weight excluding hydrogens is 1620 g/mol. The van der Waals surface area contributed by atoms with Gasteiger partial charge in [-0.2, -0.15) is 0 Å². The van der Waals surface area contributed by atoms with Crippen LogP contribution in [0.4, 0.5) is 68.2 Å². The quantitative estimate of drug-likeness (QED) is 0.0894. The van der Waals surface area contributed by atoms with Crippen LogP contribution in [0.3, 0.4) is 0 Å². The van der Waals surface area contributed by atoms with E-state index in [0.29, 0.717) is 23.7 Å². The third-order valence-electron chi connectivity index (χ3n) is 32.2. The van der Waals surface area contributed by atoms with Crippen molar-refractivity contribution < 1.29 is 0 Å². The average molecular weight is 1740 g/mol. The van der Waals surface area contributed by atoms with E-state index in [0.717, 1.165) is 22.7 Å². The molecule has 664 valence electrons. The number of benzene rings is 18. The number of fused-ring (bicyclic) bond motifs is 20. The zero-order chi connectivity index (χ0) is 90.5. The molecular formula is C130H124N4. The lowest BCUT2D eigenvalue weighted by atomic mass is 9.77. The highest BCUT2D eigenvalue weighted by Crippen LogP contribution is 2.61. The molecule has 0 heterocycles. The van der Waals surface area contributed by atoms with Crippen molar-refractivity contribution in [3.05, 3.63) is 406 Å². The van der Waals surface area contributed by atoms with Crippen molar-refractivity contribution in [1.29, 1.82) is 0 Å². The van der Waals surface area contributed by atoms with E-state index in [1.54, 1.807) is 0 Å². The minimum atomic E-state index is -0.247. The van der Waals surface area contributed by atoms with Crippen LogP contribution in [-0.2, 0) is 10.8 Å². The molecule has 0 atom stereocenters. The summed E-state index contributed by atoms with van der Waals surface area (Å²) in [4.78, 5) is 9.87. The first-order chi connectivity index (χ1) is 65.6. The van der Waals surface area contributed by atoms with Crippen molar-refractivity contribution in [2.75, 3.05) is 19.6 Å². The highest BCUT2D eigenvalue weighted by Gasteiger charge is 2.43. The fraction of sp³-hybridized carbons (Fsp3) is 0.262. The average Bonchev–Trinajstić information content (AvgIpc) is 1.53. The Bertz CT molecular complexity index is 7360. The van der Waals surface area contributed by atoms with E-state index in [1.165, 1.54) is 328 Å². The Hall–Kier alpha value is -13.3. The molecule has 0 unspecified atom stereocenters. The molecule has 0 bridgehead atoms. The maximum absolute atomic E-state index is 2.53. The van der Waals surface area contributed by atoms with E-state index in [2.05, 4.69) is 415 Å². The molecule has 24 rings (SSSR count). The Balaban J connectivity index is 0.000000158. The van der Waals surface area contributed by atoms with Crippen LogP contribution in [0.25, 0.3) is 86.9 Å². The molecule has 0 aliphatic heterocycles. The van der Waals surface area contributed by atoms with Gasteiger partial charge in [-0.25, -0.2) is 0 Å². The van der Waals surface area contributed by atoms with E-state index in [9.17, 15) is 0 Å². The van der Waals surface area contributed by atoms with Crippen LogP contribution in [0.2, 0.25) is 0 Å². The standard InChI is InChI=1S/C75H78N2.C55H46N2/c1-75(2)73-66-47-44-64(76(60-36-27-55(28-37-60)51-17-7-3-8-18-51)61-38-29-56(30-39-61)52-19-9-4-10-20-52)49-59(66)35-46-70(73)72-68-26-16-15-25-67(68)71-50-65(45-48-69(71)74(72)75)77(62-40-31-57(32-41-62)53-21-11-5-12-22-53)63-42-33-58(34-43-63)54-23-13-6-14-24-54;1-35-21-23-37(3)50(31-35)56(40-15-9-7-10-16-40)42-26-29-44-39(33-42)25-28-48-52-46-20-14-13-19-45(46)49-34-43(27-30-47(49)54(52)55(5,6)53(44)48)57(41-17-11-8-12-18-41)51-32-36(2)22-24-38(51)4/h15-16,25-54H,3-14,17-24H2,1-2H3;7-34H,1-6H3. The summed E-state index contributed by atoms with van der Waals surface area (Å²) in [6, 6.07) is 131. The Morgan fingerprint density at radius 1 is 0.201 bits per heavy atom. The van der Waals surface area contributed by atoms with Gasteiger partial charge in [-0.15, -0.1) is 0 Å². The van der Waals surface area contributed by atoms with Crippen molar-refractivity contribution in [1.82, 2.24) is 0 Å². The fourth-order valence-corrected chi connectivity index (χ4v) is 25.6. The maximum atomic E-state index is 2.53. The summed E-state index contributed by atoms with van der Waals surface area (Å²) < 4.78 is 0. The fourth-order valence-electron chi connectivity index (χ4n) is 25.6. The van der Waals surface area contributed by atoms with Crippen molar-refractivity contribution in [2.24, 2.45) is 0 Å². The molecule has 6 aliphatic carbocycles. The molecule has 4 nitrogen and oxygen atoms in total. The van der Waals surface area contributed by atoms with E-state index in [4.69, 9.17) is 0 Å². The van der Waals surface area contributed by atoms with E-state index >= 15 is 0 Å². The Kier molecular flexibility index (Phi) is 22.4. The molecule has 0 radical (unpaired) electrons. The van der Waals surface area contributed by atoms with E-state index < -0.39 is 0 Å². The summed E-state index contributed by atoms with van der Waals surface area (Å²) in [5, 5.41) is 15.7. The first kappa shape index (κ1) is 84.9. The number of aryl methyl sites for hydroxylation is 4. The van der Waals surface area contributed by atoms with Crippen molar-refractivity contribution in [3.8, 4) is 22.3 Å². The van der Waals surface area contributed by atoms with E-state index in [-0.39, 0.29) is 10.8 Å². The lowest BCUT2D eigenvalue weighted by Gasteiger charge is -2.29. The third-order valence-corrected chi connectivity index (χ3v) is 32.2. The third kappa shape index (κ3) is 15.2. The number of hydrogen-bond acceptors (Lipinski definition) is 4. The van der Waals surface area contributed by atoms with Crippen LogP contribution in [0, 0.1) is 27.7 Å². The Labute approximate surface area is 794 Å². The van der Waals surface area contributed by atoms with Gasteiger partial charge in [0.2, 0.25) is 0 Å². The number of nitrogens with zero attached hydrogens (tertiary/aromatic N) is 4. The topological polar surface area (TPSA) is 13.0 Å². The first-order valence-electron chi connectivity index (χ1n) is 50.6. The number of rotatable bonds is 16. The van der Waals surface area contributed by atoms with Gasteiger partial charge in [-0.05, 0) is 390 Å². The molecule has 4 saturated carbocycles.